The van der Waals surface area contributed by atoms with E-state index in [2.05, 4.69) is 31.0 Å². The highest BCUT2D eigenvalue weighted by atomic mass is 32.2. The third-order valence-corrected chi connectivity index (χ3v) is 8.10. The molecule has 0 saturated carbocycles. The van der Waals surface area contributed by atoms with E-state index in [-0.39, 0.29) is 28.0 Å². The number of nitrogens with zero attached hydrogens (tertiary/aromatic N) is 7. The van der Waals surface area contributed by atoms with Gasteiger partial charge >= 0.3 is 5.97 Å². The van der Waals surface area contributed by atoms with Crippen LogP contribution in [0.25, 0.3) is 0 Å². The molecule has 0 bridgehead atoms. The van der Waals surface area contributed by atoms with E-state index in [1.54, 1.807) is 7.05 Å². The van der Waals surface area contributed by atoms with Crippen LogP contribution in [0.3, 0.4) is 0 Å². The number of carbonyl (C=O) groups is 4. The van der Waals surface area contributed by atoms with Crippen LogP contribution in [0.2, 0.25) is 0 Å². The molecule has 1 unspecified atom stereocenters. The number of rotatable bonds is 10. The lowest BCUT2D eigenvalue weighted by Gasteiger charge is -2.49. The van der Waals surface area contributed by atoms with E-state index in [4.69, 9.17) is 16.4 Å². The van der Waals surface area contributed by atoms with Crippen LogP contribution in [-0.2, 0) is 31.1 Å². The molecule has 0 radical (unpaired) electrons. The molecule has 37 heavy (non-hydrogen) atoms. The van der Waals surface area contributed by atoms with E-state index in [1.807, 2.05) is 5.43 Å². The van der Waals surface area contributed by atoms with E-state index < -0.39 is 41.7 Å². The van der Waals surface area contributed by atoms with E-state index in [0.717, 1.165) is 16.2 Å². The quantitative estimate of drug-likeness (QED) is 0.0495. The first-order chi connectivity index (χ1) is 17.7. The fourth-order valence-corrected chi connectivity index (χ4v) is 6.18. The number of anilines is 1. The van der Waals surface area contributed by atoms with Crippen LogP contribution < -0.4 is 22.3 Å². The highest BCUT2D eigenvalue weighted by molar-refractivity contribution is 8.01. The van der Waals surface area contributed by atoms with E-state index in [0.29, 0.717) is 16.5 Å². The Hall–Kier alpha value is -3.75. The van der Waals surface area contributed by atoms with Gasteiger partial charge in [0.05, 0.1) is 0 Å². The van der Waals surface area contributed by atoms with Crippen molar-refractivity contribution in [2.24, 2.45) is 18.0 Å². The van der Waals surface area contributed by atoms with E-state index >= 15 is 0 Å². The van der Waals surface area contributed by atoms with Gasteiger partial charge in [0, 0.05) is 23.9 Å². The van der Waals surface area contributed by atoms with Gasteiger partial charge in [0.2, 0.25) is 5.16 Å². The number of nitrogens with one attached hydrogen (secondary N) is 2. The minimum atomic E-state index is -1.26. The molecule has 7 N–H and O–H groups in total. The Balaban J connectivity index is 1.49. The number of aliphatic carboxylic acids is 1. The molecule has 2 aliphatic heterocycles. The van der Waals surface area contributed by atoms with Gasteiger partial charge in [0.15, 0.2) is 17.5 Å². The fraction of sp³-hybridized carbons (Fsp3) is 0.353. The number of tetrazole rings is 1. The molecule has 20 heteroatoms. The summed E-state index contributed by atoms with van der Waals surface area (Å²) < 4.78 is 1.45. The predicted octanol–water partition coefficient (Wildman–Crippen LogP) is -2.51. The second-order valence-electron chi connectivity index (χ2n) is 7.34. The molecule has 0 aliphatic carbocycles. The Labute approximate surface area is 220 Å². The van der Waals surface area contributed by atoms with Crippen molar-refractivity contribution in [3.05, 3.63) is 22.3 Å². The molecule has 2 aliphatic rings. The average Bonchev–Trinajstić information content (AvgIpc) is 3.50. The largest absolute Gasteiger partial charge is 0.477 e. The van der Waals surface area contributed by atoms with E-state index in [1.165, 1.54) is 33.6 Å². The zero-order valence-corrected chi connectivity index (χ0v) is 21.3. The predicted molar refractivity (Wildman–Crippen MR) is 131 cm³/mol. The van der Waals surface area contributed by atoms with Gasteiger partial charge in [-0.25, -0.2) is 20.3 Å². The molecular formula is C17H19N11O6S3. The van der Waals surface area contributed by atoms with Crippen molar-refractivity contribution in [2.45, 2.75) is 16.6 Å². The third kappa shape index (κ3) is 5.50. The highest BCUT2D eigenvalue weighted by Gasteiger charge is 2.54. The molecule has 3 amide bonds. The van der Waals surface area contributed by atoms with Crippen LogP contribution in [0.5, 0.6) is 0 Å². The number of carbonyl (C=O) groups excluding carboxylic acids is 3. The van der Waals surface area contributed by atoms with Crippen molar-refractivity contribution in [1.82, 2.24) is 40.8 Å². The number of carboxylic acid groups (broad SMARTS) is 1. The molecule has 2 aromatic heterocycles. The molecule has 4 rings (SSSR count). The number of thioether (sulfide) groups is 2. The first-order valence-corrected chi connectivity index (χ1v) is 13.1. The van der Waals surface area contributed by atoms with Crippen LogP contribution in [-0.4, -0.2) is 94.1 Å². The smallest absolute Gasteiger partial charge is 0.352 e. The van der Waals surface area contributed by atoms with Crippen molar-refractivity contribution in [3.63, 3.8) is 0 Å². The van der Waals surface area contributed by atoms with Gasteiger partial charge < -0.3 is 21.0 Å². The Morgan fingerprint density at radius 2 is 2.19 bits per heavy atom. The SMILES string of the molecule is Cn1nnnc1SCC1=C(C(=O)O)N2C(=O)C(NC(=O)C(=NOCC(=O)NN)c3csc(N)n3)[C@H]2SC1. The number of hydrogen-bond donors (Lipinski definition) is 5. The van der Waals surface area contributed by atoms with Crippen molar-refractivity contribution in [1.29, 1.82) is 0 Å². The number of carboxylic acids is 1. The molecule has 1 fully saturated rings. The Morgan fingerprint density at radius 3 is 2.81 bits per heavy atom. The minimum absolute atomic E-state index is 0.0665. The van der Waals surface area contributed by atoms with Crippen LogP contribution in [0.15, 0.2) is 27.0 Å². The summed E-state index contributed by atoms with van der Waals surface area (Å²) in [5.41, 5.74) is 7.62. The molecule has 2 atom stereocenters. The average molecular weight is 570 g/mol. The normalized spacial score (nSPS) is 19.2. The summed E-state index contributed by atoms with van der Waals surface area (Å²) in [4.78, 5) is 59.3. The van der Waals surface area contributed by atoms with Gasteiger partial charge in [-0.1, -0.05) is 16.9 Å². The van der Waals surface area contributed by atoms with Crippen LogP contribution in [0, 0.1) is 0 Å². The summed E-state index contributed by atoms with van der Waals surface area (Å²) in [6.45, 7) is -0.570. The van der Waals surface area contributed by atoms with Crippen LogP contribution in [0.4, 0.5) is 5.13 Å². The van der Waals surface area contributed by atoms with E-state index in [9.17, 15) is 24.3 Å². The molecule has 17 nitrogen and oxygen atoms in total. The lowest BCUT2D eigenvalue weighted by molar-refractivity contribution is -0.150. The maximum Gasteiger partial charge on any atom is 0.352 e. The number of fused-ring (bicyclic) bond motifs is 1. The number of aryl methyl sites for hydroxylation is 1. The number of oxime groups is 1. The summed E-state index contributed by atoms with van der Waals surface area (Å²) in [7, 11) is 1.66. The molecule has 196 valence electrons. The number of hydrogen-bond acceptors (Lipinski definition) is 15. The summed E-state index contributed by atoms with van der Waals surface area (Å²) in [6.07, 6.45) is 0. The van der Waals surface area contributed by atoms with Gasteiger partial charge in [-0.2, -0.15) is 0 Å². The number of aromatic nitrogens is 5. The maximum atomic E-state index is 13.0. The highest BCUT2D eigenvalue weighted by Crippen LogP contribution is 2.41. The summed E-state index contributed by atoms with van der Waals surface area (Å²) in [5, 5.41) is 28.6. The Kier molecular flexibility index (Phi) is 7.90. The van der Waals surface area contributed by atoms with Crippen molar-refractivity contribution in [2.75, 3.05) is 23.8 Å². The van der Waals surface area contributed by atoms with Gasteiger partial charge in [0.1, 0.15) is 22.8 Å². The second-order valence-corrected chi connectivity index (χ2v) is 10.3. The third-order valence-electron chi connectivity index (χ3n) is 4.99. The topological polar surface area (TPSA) is 246 Å². The van der Waals surface area contributed by atoms with Gasteiger partial charge in [0.25, 0.3) is 17.7 Å². The Bertz CT molecular complexity index is 1310. The van der Waals surface area contributed by atoms with Gasteiger partial charge in [-0.05, 0) is 16.0 Å². The number of hydrazine groups is 1. The first-order valence-electron chi connectivity index (χ1n) is 10.2. The number of β-lactam (4-membered cyclic amide) rings is 1. The maximum absolute atomic E-state index is 13.0. The Morgan fingerprint density at radius 1 is 1.41 bits per heavy atom. The number of thiazole rings is 1. The number of amides is 3. The molecule has 0 aromatic carbocycles. The summed E-state index contributed by atoms with van der Waals surface area (Å²) >= 11 is 3.58. The number of nitrogen functional groups attached to an aromatic ring is 1. The van der Waals surface area contributed by atoms with Crippen LogP contribution >= 0.6 is 34.9 Å². The molecule has 1 saturated heterocycles. The summed E-state index contributed by atoms with van der Waals surface area (Å²) in [5.74, 6) is 2.17. The zero-order valence-electron chi connectivity index (χ0n) is 18.9. The van der Waals surface area contributed by atoms with Crippen molar-refractivity contribution in [3.8, 4) is 0 Å². The standard InChI is InChI=1S/C17H19N11O6S3/c1-27-17(23-25-26-27)37-4-6-3-35-14-10(13(31)28(14)11(6)15(32)33)21-12(30)9(7-5-36-16(18)20-7)24-34-2-8(29)22-19/h5,10,14H,2-4,19H2,1H3,(H2,18,20)(H,21,30)(H,22,29)(H,32,33)/t10?,14-/m1/s1. The first kappa shape index (κ1) is 26.3. The summed E-state index contributed by atoms with van der Waals surface area (Å²) in [6, 6.07) is -1.03. The van der Waals surface area contributed by atoms with Crippen LogP contribution in [0.1, 0.15) is 5.69 Å². The lowest BCUT2D eigenvalue weighted by Crippen LogP contribution is -2.71. The lowest BCUT2D eigenvalue weighted by atomic mass is 10.0. The second kappa shape index (κ2) is 11.1. The monoisotopic (exact) mass is 569 g/mol. The fourth-order valence-electron chi connectivity index (χ4n) is 3.30. The van der Waals surface area contributed by atoms with Crippen molar-refractivity contribution < 1.29 is 29.1 Å². The van der Waals surface area contributed by atoms with Gasteiger partial charge in [-0.3, -0.25) is 24.7 Å². The molecule has 2 aromatic rings. The van der Waals surface area contributed by atoms with Crippen molar-refractivity contribution >= 4 is 69.4 Å². The molecule has 0 spiro atoms. The zero-order chi connectivity index (χ0) is 26.7. The minimum Gasteiger partial charge on any atom is -0.477 e. The molecular weight excluding hydrogens is 550 g/mol. The van der Waals surface area contributed by atoms with Gasteiger partial charge in [-0.15, -0.1) is 28.2 Å². The molecule has 4 heterocycles. The number of nitrogens with two attached hydrogens (primary N) is 2.